The second kappa shape index (κ2) is 5.64. The lowest BCUT2D eigenvalue weighted by atomic mass is 10.3. The molecule has 3 rings (SSSR count). The van der Waals surface area contributed by atoms with Crippen LogP contribution in [-0.2, 0) is 11.3 Å². The molecule has 0 aliphatic carbocycles. The predicted molar refractivity (Wildman–Crippen MR) is 79.2 cm³/mol. The molecule has 8 heteroatoms. The number of hydrogen-bond acceptors (Lipinski definition) is 3. The zero-order valence-corrected chi connectivity index (χ0v) is 12.1. The Kier molecular flexibility index (Phi) is 3.65. The van der Waals surface area contributed by atoms with E-state index in [0.29, 0.717) is 17.4 Å². The van der Waals surface area contributed by atoms with Gasteiger partial charge in [-0.1, -0.05) is 0 Å². The molecular weight excluding hydrogens is 306 g/mol. The van der Waals surface area contributed by atoms with Crippen LogP contribution in [-0.4, -0.2) is 20.1 Å². The van der Waals surface area contributed by atoms with Crippen LogP contribution >= 0.6 is 0 Å². The first-order chi connectivity index (χ1) is 11.0. The highest BCUT2D eigenvalue weighted by atomic mass is 19.1. The summed E-state index contributed by atoms with van der Waals surface area (Å²) in [6.45, 7) is 1.32. The summed E-state index contributed by atoms with van der Waals surface area (Å²) in [5.41, 5.74) is -0.210. The van der Waals surface area contributed by atoms with Crippen LogP contribution in [0.15, 0.2) is 41.3 Å². The van der Waals surface area contributed by atoms with Crippen LogP contribution in [0.4, 0.5) is 14.5 Å². The topological polar surface area (TPSA) is 68.4 Å². The molecule has 118 valence electrons. The molecular formula is C15H12F2N4O2. The number of fused-ring (bicyclic) bond motifs is 1. The number of carbonyl (C=O) groups is 1. The van der Waals surface area contributed by atoms with Gasteiger partial charge in [0.2, 0.25) is 5.91 Å². The fourth-order valence-electron chi connectivity index (χ4n) is 2.26. The van der Waals surface area contributed by atoms with Gasteiger partial charge in [-0.15, -0.1) is 0 Å². The molecule has 1 N–H and O–H groups in total. The third-order valence-corrected chi connectivity index (χ3v) is 3.31. The number of nitrogens with zero attached hydrogens (tertiary/aromatic N) is 3. The maximum Gasteiger partial charge on any atom is 0.291 e. The molecule has 2 aromatic heterocycles. The number of amides is 1. The molecule has 0 unspecified atom stereocenters. The minimum Gasteiger partial charge on any atom is -0.322 e. The van der Waals surface area contributed by atoms with Crippen molar-refractivity contribution in [2.45, 2.75) is 13.5 Å². The lowest BCUT2D eigenvalue weighted by Gasteiger charge is -2.09. The highest BCUT2D eigenvalue weighted by molar-refractivity contribution is 5.90. The lowest BCUT2D eigenvalue weighted by Crippen LogP contribution is -2.31. The zero-order valence-electron chi connectivity index (χ0n) is 12.1. The Bertz CT molecular complexity index is 962. The maximum atomic E-state index is 13.5. The first kappa shape index (κ1) is 14.9. The fourth-order valence-corrected chi connectivity index (χ4v) is 2.26. The van der Waals surface area contributed by atoms with Crippen LogP contribution in [0.25, 0.3) is 5.52 Å². The van der Waals surface area contributed by atoms with E-state index in [1.54, 1.807) is 29.7 Å². The van der Waals surface area contributed by atoms with Crippen LogP contribution in [0.2, 0.25) is 0 Å². The molecule has 0 bridgehead atoms. The number of aryl methyl sites for hydroxylation is 1. The van der Waals surface area contributed by atoms with Gasteiger partial charge in [0.1, 0.15) is 29.5 Å². The quantitative estimate of drug-likeness (QED) is 0.799. The Hall–Kier alpha value is -3.03. The molecule has 0 spiro atoms. The SMILES string of the molecule is Cc1nn(CC(=O)Nc2ccc(F)cc2F)c(=O)c2cccn12. The van der Waals surface area contributed by atoms with Gasteiger partial charge in [-0.2, -0.15) is 5.10 Å². The third-order valence-electron chi connectivity index (χ3n) is 3.31. The van der Waals surface area contributed by atoms with Crippen molar-refractivity contribution >= 4 is 17.1 Å². The Balaban J connectivity index is 1.85. The van der Waals surface area contributed by atoms with E-state index in [4.69, 9.17) is 0 Å². The minimum absolute atomic E-state index is 0.162. The van der Waals surface area contributed by atoms with E-state index in [1.165, 1.54) is 0 Å². The number of nitrogens with one attached hydrogen (secondary N) is 1. The van der Waals surface area contributed by atoms with Gasteiger partial charge in [-0.3, -0.25) is 14.0 Å². The van der Waals surface area contributed by atoms with E-state index in [0.717, 1.165) is 16.8 Å². The number of benzene rings is 1. The molecule has 1 amide bonds. The van der Waals surface area contributed by atoms with Gasteiger partial charge in [-0.05, 0) is 31.2 Å². The maximum absolute atomic E-state index is 13.5. The molecule has 3 aromatic rings. The normalized spacial score (nSPS) is 10.9. The molecule has 0 aliphatic heterocycles. The van der Waals surface area contributed by atoms with E-state index >= 15 is 0 Å². The number of hydrogen-bond donors (Lipinski definition) is 1. The van der Waals surface area contributed by atoms with E-state index < -0.39 is 23.1 Å². The van der Waals surface area contributed by atoms with Crippen molar-refractivity contribution in [3.63, 3.8) is 0 Å². The molecule has 0 aliphatic rings. The summed E-state index contributed by atoms with van der Waals surface area (Å²) in [5.74, 6) is -1.74. The minimum atomic E-state index is -0.892. The van der Waals surface area contributed by atoms with Gasteiger partial charge in [0.15, 0.2) is 0 Å². The largest absolute Gasteiger partial charge is 0.322 e. The number of halogens is 2. The first-order valence-corrected chi connectivity index (χ1v) is 6.75. The van der Waals surface area contributed by atoms with E-state index in [1.807, 2.05) is 0 Å². The van der Waals surface area contributed by atoms with Crippen molar-refractivity contribution in [3.05, 3.63) is 64.3 Å². The Morgan fingerprint density at radius 2 is 2.09 bits per heavy atom. The molecule has 0 radical (unpaired) electrons. The molecule has 0 fully saturated rings. The van der Waals surface area contributed by atoms with Crippen molar-refractivity contribution in [2.24, 2.45) is 0 Å². The summed E-state index contributed by atoms with van der Waals surface area (Å²) in [6, 6.07) is 6.12. The Labute approximate surface area is 129 Å². The molecule has 1 aromatic carbocycles. The number of carbonyl (C=O) groups excluding carboxylic acids is 1. The van der Waals surface area contributed by atoms with Crippen molar-refractivity contribution < 1.29 is 13.6 Å². The number of anilines is 1. The second-order valence-corrected chi connectivity index (χ2v) is 4.95. The second-order valence-electron chi connectivity index (χ2n) is 4.95. The van der Waals surface area contributed by atoms with Crippen LogP contribution in [0.1, 0.15) is 5.82 Å². The van der Waals surface area contributed by atoms with Crippen molar-refractivity contribution in [2.75, 3.05) is 5.32 Å². The first-order valence-electron chi connectivity index (χ1n) is 6.75. The monoisotopic (exact) mass is 318 g/mol. The van der Waals surface area contributed by atoms with E-state index in [9.17, 15) is 18.4 Å². The van der Waals surface area contributed by atoms with Crippen LogP contribution in [0.3, 0.4) is 0 Å². The molecule has 0 saturated carbocycles. The molecule has 0 atom stereocenters. The molecule has 6 nitrogen and oxygen atoms in total. The average molecular weight is 318 g/mol. The van der Waals surface area contributed by atoms with Crippen molar-refractivity contribution in [1.82, 2.24) is 14.2 Å². The Morgan fingerprint density at radius 3 is 2.83 bits per heavy atom. The van der Waals surface area contributed by atoms with Crippen LogP contribution in [0, 0.1) is 18.6 Å². The summed E-state index contributed by atoms with van der Waals surface area (Å²) in [7, 11) is 0. The fraction of sp³-hybridized carbons (Fsp3) is 0.133. The zero-order chi connectivity index (χ0) is 16.6. The number of rotatable bonds is 3. The van der Waals surface area contributed by atoms with Gasteiger partial charge in [0.25, 0.3) is 5.56 Å². The summed E-state index contributed by atoms with van der Waals surface area (Å²) in [5, 5.41) is 6.33. The van der Waals surface area contributed by atoms with Gasteiger partial charge in [0, 0.05) is 12.3 Å². The van der Waals surface area contributed by atoms with Crippen molar-refractivity contribution in [3.8, 4) is 0 Å². The van der Waals surface area contributed by atoms with Gasteiger partial charge < -0.3 is 5.32 Å². The predicted octanol–water partition coefficient (Wildman–Crippen LogP) is 1.72. The summed E-state index contributed by atoms with van der Waals surface area (Å²) < 4.78 is 29.0. The summed E-state index contributed by atoms with van der Waals surface area (Å²) >= 11 is 0. The average Bonchev–Trinajstić information content (AvgIpc) is 2.98. The van der Waals surface area contributed by atoms with Gasteiger partial charge >= 0.3 is 0 Å². The van der Waals surface area contributed by atoms with Crippen molar-refractivity contribution in [1.29, 1.82) is 0 Å². The molecule has 23 heavy (non-hydrogen) atoms. The van der Waals surface area contributed by atoms with Crippen LogP contribution < -0.4 is 10.9 Å². The smallest absolute Gasteiger partial charge is 0.291 e. The highest BCUT2D eigenvalue weighted by Crippen LogP contribution is 2.14. The summed E-state index contributed by atoms with van der Waals surface area (Å²) in [4.78, 5) is 24.2. The van der Waals surface area contributed by atoms with Gasteiger partial charge in [0.05, 0.1) is 5.69 Å². The molecule has 2 heterocycles. The van der Waals surface area contributed by atoms with Gasteiger partial charge in [-0.25, -0.2) is 13.5 Å². The standard InChI is InChI=1S/C15H12F2N4O2/c1-9-19-21(15(23)13-3-2-6-20(9)13)8-14(22)18-12-5-4-10(16)7-11(12)17/h2-7H,8H2,1H3,(H,18,22). The Morgan fingerprint density at radius 1 is 1.30 bits per heavy atom. The summed E-state index contributed by atoms with van der Waals surface area (Å²) in [6.07, 6.45) is 1.69. The third kappa shape index (κ3) is 2.83. The van der Waals surface area contributed by atoms with Crippen LogP contribution in [0.5, 0.6) is 0 Å². The lowest BCUT2D eigenvalue weighted by molar-refractivity contribution is -0.117. The highest BCUT2D eigenvalue weighted by Gasteiger charge is 2.12. The van der Waals surface area contributed by atoms with E-state index in [2.05, 4.69) is 10.4 Å². The molecule has 0 saturated heterocycles. The number of aromatic nitrogens is 3. The van der Waals surface area contributed by atoms with E-state index in [-0.39, 0.29) is 12.2 Å².